The summed E-state index contributed by atoms with van der Waals surface area (Å²) in [4.78, 5) is 4.56. The first-order chi connectivity index (χ1) is 10.2. The lowest BCUT2D eigenvalue weighted by molar-refractivity contribution is 0.635. The first-order valence-electron chi connectivity index (χ1n) is 7.58. The molecule has 0 bridgehead atoms. The van der Waals surface area contributed by atoms with Crippen molar-refractivity contribution in [3.8, 4) is 0 Å². The van der Waals surface area contributed by atoms with Crippen LogP contribution in [-0.4, -0.2) is 21.3 Å². The monoisotopic (exact) mass is 350 g/mol. The van der Waals surface area contributed by atoms with Crippen LogP contribution in [0.15, 0.2) is 22.7 Å². The van der Waals surface area contributed by atoms with Gasteiger partial charge in [-0.25, -0.2) is 9.67 Å². The number of rotatable bonds is 7. The van der Waals surface area contributed by atoms with Crippen LogP contribution in [0, 0.1) is 0 Å². The summed E-state index contributed by atoms with van der Waals surface area (Å²) >= 11 is 3.68. The smallest absolute Gasteiger partial charge is 0.150 e. The Morgan fingerprint density at radius 2 is 2.00 bits per heavy atom. The Kier molecular flexibility index (Phi) is 5.94. The molecule has 0 unspecified atom stereocenters. The van der Waals surface area contributed by atoms with Crippen molar-refractivity contribution in [2.24, 2.45) is 0 Å². The van der Waals surface area contributed by atoms with Crippen molar-refractivity contribution in [1.82, 2.24) is 20.1 Å². The molecule has 0 amide bonds. The van der Waals surface area contributed by atoms with Gasteiger partial charge >= 0.3 is 0 Å². The van der Waals surface area contributed by atoms with E-state index in [9.17, 15) is 0 Å². The maximum atomic E-state index is 4.58. The maximum absolute atomic E-state index is 4.58. The van der Waals surface area contributed by atoms with Gasteiger partial charge in [0.2, 0.25) is 0 Å². The van der Waals surface area contributed by atoms with Gasteiger partial charge in [-0.15, -0.1) is 0 Å². The van der Waals surface area contributed by atoms with Gasteiger partial charge < -0.3 is 5.32 Å². The highest BCUT2D eigenvalue weighted by atomic mass is 79.9. The predicted molar refractivity (Wildman–Crippen MR) is 89.4 cm³/mol. The minimum atomic E-state index is 0.762. The van der Waals surface area contributed by atoms with Crippen LogP contribution in [-0.2, 0) is 25.9 Å². The highest BCUT2D eigenvalue weighted by molar-refractivity contribution is 9.10. The first kappa shape index (κ1) is 16.2. The Balaban J connectivity index is 2.17. The molecule has 0 saturated heterocycles. The SMILES string of the molecule is CCNCc1ccc(Cn2nc(CC)nc2CC)c(Br)c1. The summed E-state index contributed by atoms with van der Waals surface area (Å²) in [6, 6.07) is 6.52. The highest BCUT2D eigenvalue weighted by Gasteiger charge is 2.09. The Morgan fingerprint density at radius 1 is 1.19 bits per heavy atom. The molecule has 5 heteroatoms. The average molecular weight is 351 g/mol. The van der Waals surface area contributed by atoms with Crippen LogP contribution >= 0.6 is 15.9 Å². The second-order valence-electron chi connectivity index (χ2n) is 5.02. The average Bonchev–Trinajstić information content (AvgIpc) is 2.90. The third-order valence-electron chi connectivity index (χ3n) is 3.44. The summed E-state index contributed by atoms with van der Waals surface area (Å²) in [6.07, 6.45) is 1.78. The molecule has 0 atom stereocenters. The molecule has 0 aliphatic carbocycles. The Morgan fingerprint density at radius 3 is 2.62 bits per heavy atom. The van der Waals surface area contributed by atoms with Crippen molar-refractivity contribution in [3.05, 3.63) is 45.4 Å². The Bertz CT molecular complexity index is 592. The molecule has 2 aromatic rings. The molecule has 4 nitrogen and oxygen atoms in total. The molecule has 1 N–H and O–H groups in total. The minimum absolute atomic E-state index is 0.762. The van der Waals surface area contributed by atoms with Gasteiger partial charge in [0.15, 0.2) is 5.82 Å². The van der Waals surface area contributed by atoms with Gasteiger partial charge in [0, 0.05) is 23.9 Å². The van der Waals surface area contributed by atoms with Gasteiger partial charge in [-0.3, -0.25) is 0 Å². The van der Waals surface area contributed by atoms with Crippen molar-refractivity contribution in [3.63, 3.8) is 0 Å². The fourth-order valence-corrected chi connectivity index (χ4v) is 2.78. The van der Waals surface area contributed by atoms with Gasteiger partial charge in [-0.05, 0) is 23.7 Å². The third-order valence-corrected chi connectivity index (χ3v) is 4.18. The Labute approximate surface area is 135 Å². The van der Waals surface area contributed by atoms with Crippen LogP contribution in [0.4, 0.5) is 0 Å². The lowest BCUT2D eigenvalue weighted by Crippen LogP contribution is -2.12. The maximum Gasteiger partial charge on any atom is 0.150 e. The summed E-state index contributed by atoms with van der Waals surface area (Å²) in [6.45, 7) is 8.97. The topological polar surface area (TPSA) is 42.7 Å². The largest absolute Gasteiger partial charge is 0.313 e. The van der Waals surface area contributed by atoms with Crippen LogP contribution in [0.25, 0.3) is 0 Å². The van der Waals surface area contributed by atoms with E-state index in [4.69, 9.17) is 0 Å². The van der Waals surface area contributed by atoms with Crippen molar-refractivity contribution in [2.45, 2.75) is 46.7 Å². The molecule has 0 aliphatic rings. The van der Waals surface area contributed by atoms with Crippen molar-refractivity contribution in [1.29, 1.82) is 0 Å². The molecule has 114 valence electrons. The summed E-state index contributed by atoms with van der Waals surface area (Å²) in [5.74, 6) is 1.97. The van der Waals surface area contributed by atoms with Crippen LogP contribution in [0.2, 0.25) is 0 Å². The van der Waals surface area contributed by atoms with Crippen molar-refractivity contribution < 1.29 is 0 Å². The van der Waals surface area contributed by atoms with E-state index in [1.54, 1.807) is 0 Å². The van der Waals surface area contributed by atoms with E-state index in [0.29, 0.717) is 0 Å². The van der Waals surface area contributed by atoms with E-state index >= 15 is 0 Å². The summed E-state index contributed by atoms with van der Waals surface area (Å²) < 4.78 is 3.15. The highest BCUT2D eigenvalue weighted by Crippen LogP contribution is 2.20. The standard InChI is InChI=1S/C16H23BrN4/c1-4-15-19-16(5-2)21(20-15)11-13-8-7-12(9-14(13)17)10-18-6-3/h7-9,18H,4-6,10-11H2,1-3H3. The molecule has 1 aromatic heterocycles. The fraction of sp³-hybridized carbons (Fsp3) is 0.500. The van der Waals surface area contributed by atoms with E-state index in [2.05, 4.69) is 70.3 Å². The fourth-order valence-electron chi connectivity index (χ4n) is 2.22. The Hall–Kier alpha value is -1.20. The van der Waals surface area contributed by atoms with E-state index in [1.807, 2.05) is 4.68 Å². The molecule has 1 aromatic carbocycles. The molecular weight excluding hydrogens is 328 g/mol. The first-order valence-corrected chi connectivity index (χ1v) is 8.37. The van der Waals surface area contributed by atoms with Crippen molar-refractivity contribution in [2.75, 3.05) is 6.54 Å². The molecule has 1 heterocycles. The van der Waals surface area contributed by atoms with Gasteiger partial charge in [0.05, 0.1) is 6.54 Å². The van der Waals surface area contributed by atoms with Crippen molar-refractivity contribution >= 4 is 15.9 Å². The minimum Gasteiger partial charge on any atom is -0.313 e. The van der Waals surface area contributed by atoms with Crippen LogP contribution < -0.4 is 5.32 Å². The van der Waals surface area contributed by atoms with Gasteiger partial charge in [0.1, 0.15) is 5.82 Å². The zero-order valence-corrected chi connectivity index (χ0v) is 14.6. The third kappa shape index (κ3) is 4.14. The summed E-state index contributed by atoms with van der Waals surface area (Å²) in [7, 11) is 0. The van der Waals surface area contributed by atoms with Gasteiger partial charge in [0.25, 0.3) is 0 Å². The van der Waals surface area contributed by atoms with Gasteiger partial charge in [-0.1, -0.05) is 48.8 Å². The molecule has 0 fully saturated rings. The molecule has 21 heavy (non-hydrogen) atoms. The lowest BCUT2D eigenvalue weighted by Gasteiger charge is -2.09. The molecular formula is C16H23BrN4. The van der Waals surface area contributed by atoms with Gasteiger partial charge in [-0.2, -0.15) is 5.10 Å². The number of nitrogens with one attached hydrogen (secondary N) is 1. The van der Waals surface area contributed by atoms with Crippen LogP contribution in [0.1, 0.15) is 43.5 Å². The second kappa shape index (κ2) is 7.71. The molecule has 0 saturated carbocycles. The zero-order chi connectivity index (χ0) is 15.2. The zero-order valence-electron chi connectivity index (χ0n) is 13.0. The number of aryl methyl sites for hydroxylation is 2. The van der Waals surface area contributed by atoms with E-state index < -0.39 is 0 Å². The van der Waals surface area contributed by atoms with E-state index in [0.717, 1.165) is 48.6 Å². The molecule has 0 radical (unpaired) electrons. The normalized spacial score (nSPS) is 11.0. The van der Waals surface area contributed by atoms with E-state index in [-0.39, 0.29) is 0 Å². The van der Waals surface area contributed by atoms with Crippen LogP contribution in [0.5, 0.6) is 0 Å². The number of aromatic nitrogens is 3. The lowest BCUT2D eigenvalue weighted by atomic mass is 10.1. The molecule has 0 aliphatic heterocycles. The van der Waals surface area contributed by atoms with Crippen LogP contribution in [0.3, 0.4) is 0 Å². The second-order valence-corrected chi connectivity index (χ2v) is 5.87. The summed E-state index contributed by atoms with van der Waals surface area (Å²) in [5, 5.41) is 7.92. The van der Waals surface area contributed by atoms with E-state index in [1.165, 1.54) is 11.1 Å². The number of hydrogen-bond donors (Lipinski definition) is 1. The number of halogens is 1. The number of benzene rings is 1. The summed E-state index contributed by atoms with van der Waals surface area (Å²) in [5.41, 5.74) is 2.52. The molecule has 2 rings (SSSR count). The number of hydrogen-bond acceptors (Lipinski definition) is 3. The number of nitrogens with zero attached hydrogens (tertiary/aromatic N) is 3. The predicted octanol–water partition coefficient (Wildman–Crippen LogP) is 3.32. The quantitative estimate of drug-likeness (QED) is 0.832. The molecule has 0 spiro atoms.